The second kappa shape index (κ2) is 4.42. The van der Waals surface area contributed by atoms with Crippen LogP contribution in [0.15, 0.2) is 30.6 Å². The van der Waals surface area contributed by atoms with E-state index in [4.69, 9.17) is 5.73 Å². The van der Waals surface area contributed by atoms with E-state index in [1.807, 2.05) is 34.8 Å². The van der Waals surface area contributed by atoms with Crippen LogP contribution in [0.1, 0.15) is 21.7 Å². The Morgan fingerprint density at radius 3 is 3.00 bits per heavy atom. The molecule has 0 fully saturated rings. The Hall–Kier alpha value is -2.30. The van der Waals surface area contributed by atoms with E-state index < -0.39 is 0 Å². The van der Waals surface area contributed by atoms with Crippen molar-refractivity contribution in [3.05, 3.63) is 47.5 Å². The second-order valence-electron chi connectivity index (χ2n) is 4.85. The molecule has 1 aliphatic heterocycles. The zero-order valence-electron chi connectivity index (χ0n) is 10.8. The van der Waals surface area contributed by atoms with Crippen molar-refractivity contribution < 1.29 is 4.79 Å². The first-order valence-corrected chi connectivity index (χ1v) is 6.29. The van der Waals surface area contributed by atoms with Gasteiger partial charge in [-0.1, -0.05) is 6.07 Å². The minimum Gasteiger partial charge on any atom is -0.399 e. The van der Waals surface area contributed by atoms with E-state index in [9.17, 15) is 4.79 Å². The molecule has 0 bridgehead atoms. The predicted molar refractivity (Wildman–Crippen MR) is 72.5 cm³/mol. The van der Waals surface area contributed by atoms with E-state index in [-0.39, 0.29) is 5.91 Å². The van der Waals surface area contributed by atoms with E-state index in [1.165, 1.54) is 0 Å². The maximum Gasteiger partial charge on any atom is 0.254 e. The summed E-state index contributed by atoms with van der Waals surface area (Å²) in [5.41, 5.74) is 8.15. The lowest BCUT2D eigenvalue weighted by molar-refractivity contribution is 0.0779. The van der Waals surface area contributed by atoms with Crippen LogP contribution < -0.4 is 5.73 Å². The number of imidazole rings is 1. The molecule has 0 atom stereocenters. The minimum absolute atomic E-state index is 0.0662. The summed E-state index contributed by atoms with van der Waals surface area (Å²) >= 11 is 0. The number of anilines is 1. The van der Waals surface area contributed by atoms with Gasteiger partial charge in [0.05, 0.1) is 0 Å². The molecule has 2 N–H and O–H groups in total. The number of aromatic nitrogens is 2. The molecule has 0 saturated heterocycles. The van der Waals surface area contributed by atoms with E-state index in [0.29, 0.717) is 18.8 Å². The molecule has 5 nitrogen and oxygen atoms in total. The van der Waals surface area contributed by atoms with Crippen molar-refractivity contribution in [3.8, 4) is 0 Å². The van der Waals surface area contributed by atoms with Gasteiger partial charge in [-0.15, -0.1) is 0 Å². The topological polar surface area (TPSA) is 64.2 Å². The lowest BCUT2D eigenvalue weighted by Gasteiger charge is -2.15. The number of fused-ring (bicyclic) bond motifs is 1. The molecule has 0 saturated carbocycles. The highest BCUT2D eigenvalue weighted by atomic mass is 16.2. The number of nitrogens with two attached hydrogens (primary N) is 1. The first-order chi connectivity index (χ1) is 9.15. The van der Waals surface area contributed by atoms with Crippen LogP contribution in [0, 0.1) is 0 Å². The SMILES string of the molecule is Cn1ccnc1CCN1Cc2ccc(N)cc2C1=O. The van der Waals surface area contributed by atoms with Crippen LogP contribution in [0.3, 0.4) is 0 Å². The number of rotatable bonds is 3. The quantitative estimate of drug-likeness (QED) is 0.839. The van der Waals surface area contributed by atoms with Gasteiger partial charge in [-0.05, 0) is 17.7 Å². The summed E-state index contributed by atoms with van der Waals surface area (Å²) in [5, 5.41) is 0. The number of hydrogen-bond donors (Lipinski definition) is 1. The van der Waals surface area contributed by atoms with Crippen molar-refractivity contribution in [3.63, 3.8) is 0 Å². The summed E-state index contributed by atoms with van der Waals surface area (Å²) in [4.78, 5) is 18.4. The average Bonchev–Trinajstić information content (AvgIpc) is 2.93. The molecule has 0 spiro atoms. The number of aryl methyl sites for hydroxylation is 1. The second-order valence-corrected chi connectivity index (χ2v) is 4.85. The number of amides is 1. The normalized spacial score (nSPS) is 13.9. The monoisotopic (exact) mass is 256 g/mol. The minimum atomic E-state index is 0.0662. The number of nitrogens with zero attached hydrogens (tertiary/aromatic N) is 3. The smallest absolute Gasteiger partial charge is 0.254 e. The summed E-state index contributed by atoms with van der Waals surface area (Å²) < 4.78 is 1.98. The Morgan fingerprint density at radius 2 is 2.26 bits per heavy atom. The van der Waals surface area contributed by atoms with E-state index >= 15 is 0 Å². The van der Waals surface area contributed by atoms with Gasteiger partial charge in [0.15, 0.2) is 0 Å². The van der Waals surface area contributed by atoms with Crippen LogP contribution >= 0.6 is 0 Å². The Labute approximate surface area is 111 Å². The Balaban J connectivity index is 1.72. The predicted octanol–water partition coefficient (Wildman–Crippen LogP) is 1.20. The molecule has 0 radical (unpaired) electrons. The number of hydrogen-bond acceptors (Lipinski definition) is 3. The summed E-state index contributed by atoms with van der Waals surface area (Å²) in [7, 11) is 1.96. The maximum absolute atomic E-state index is 12.2. The van der Waals surface area contributed by atoms with Gasteiger partial charge in [0.25, 0.3) is 5.91 Å². The fraction of sp³-hybridized carbons (Fsp3) is 0.286. The van der Waals surface area contributed by atoms with Gasteiger partial charge < -0.3 is 15.2 Å². The summed E-state index contributed by atoms with van der Waals surface area (Å²) in [6.07, 6.45) is 4.45. The van der Waals surface area contributed by atoms with Crippen molar-refractivity contribution in [2.75, 3.05) is 12.3 Å². The highest BCUT2D eigenvalue weighted by molar-refractivity contribution is 5.99. The van der Waals surface area contributed by atoms with Gasteiger partial charge in [0.2, 0.25) is 0 Å². The number of nitrogen functional groups attached to an aromatic ring is 1. The maximum atomic E-state index is 12.2. The van der Waals surface area contributed by atoms with Crippen LogP contribution in [0.4, 0.5) is 5.69 Å². The highest BCUT2D eigenvalue weighted by Crippen LogP contribution is 2.24. The third-order valence-electron chi connectivity index (χ3n) is 3.54. The van der Waals surface area contributed by atoms with Crippen molar-refractivity contribution in [1.29, 1.82) is 0 Å². The molecule has 1 aromatic carbocycles. The molecule has 1 aromatic heterocycles. The summed E-state index contributed by atoms with van der Waals surface area (Å²) in [6.45, 7) is 1.34. The highest BCUT2D eigenvalue weighted by Gasteiger charge is 2.27. The van der Waals surface area contributed by atoms with Gasteiger partial charge in [-0.3, -0.25) is 4.79 Å². The average molecular weight is 256 g/mol. The van der Waals surface area contributed by atoms with Crippen molar-refractivity contribution in [2.24, 2.45) is 7.05 Å². The zero-order chi connectivity index (χ0) is 13.4. The fourth-order valence-electron chi connectivity index (χ4n) is 2.43. The Morgan fingerprint density at radius 1 is 1.42 bits per heavy atom. The van der Waals surface area contributed by atoms with Crippen molar-refractivity contribution in [1.82, 2.24) is 14.5 Å². The number of benzene rings is 1. The van der Waals surface area contributed by atoms with Gasteiger partial charge in [-0.25, -0.2) is 4.98 Å². The molecular formula is C14H16N4O. The zero-order valence-corrected chi connectivity index (χ0v) is 10.8. The van der Waals surface area contributed by atoms with E-state index in [0.717, 1.165) is 23.4 Å². The van der Waals surface area contributed by atoms with Crippen LogP contribution in [-0.2, 0) is 20.0 Å². The molecule has 1 aliphatic rings. The van der Waals surface area contributed by atoms with Gasteiger partial charge in [0, 0.05) is 50.2 Å². The molecule has 19 heavy (non-hydrogen) atoms. The van der Waals surface area contributed by atoms with Gasteiger partial charge >= 0.3 is 0 Å². The van der Waals surface area contributed by atoms with Gasteiger partial charge in [0.1, 0.15) is 5.82 Å². The first-order valence-electron chi connectivity index (χ1n) is 6.29. The van der Waals surface area contributed by atoms with E-state index in [2.05, 4.69) is 4.98 Å². The van der Waals surface area contributed by atoms with Gasteiger partial charge in [-0.2, -0.15) is 0 Å². The third-order valence-corrected chi connectivity index (χ3v) is 3.54. The molecule has 5 heteroatoms. The van der Waals surface area contributed by atoms with Crippen LogP contribution in [0.2, 0.25) is 0 Å². The number of carbonyl (C=O) groups excluding carboxylic acids is 1. The lowest BCUT2D eigenvalue weighted by Crippen LogP contribution is -2.27. The van der Waals surface area contributed by atoms with Crippen LogP contribution in [0.5, 0.6) is 0 Å². The molecule has 0 unspecified atom stereocenters. The van der Waals surface area contributed by atoms with Crippen molar-refractivity contribution in [2.45, 2.75) is 13.0 Å². The molecule has 98 valence electrons. The Kier molecular flexibility index (Phi) is 2.74. The van der Waals surface area contributed by atoms with E-state index in [1.54, 1.807) is 12.3 Å². The summed E-state index contributed by atoms with van der Waals surface area (Å²) in [5.74, 6) is 1.06. The Bertz CT molecular complexity index is 632. The number of carbonyl (C=O) groups is 1. The molecular weight excluding hydrogens is 240 g/mol. The summed E-state index contributed by atoms with van der Waals surface area (Å²) in [6, 6.07) is 5.54. The lowest BCUT2D eigenvalue weighted by atomic mass is 10.1. The fourth-order valence-corrected chi connectivity index (χ4v) is 2.43. The van der Waals surface area contributed by atoms with Crippen LogP contribution in [-0.4, -0.2) is 26.9 Å². The standard InChI is InChI=1S/C14H16N4O/c1-17-7-5-16-13(17)4-6-18-9-10-2-3-11(15)8-12(10)14(18)19/h2-3,5,7-8H,4,6,9,15H2,1H3. The molecule has 2 heterocycles. The molecule has 2 aromatic rings. The third kappa shape index (κ3) is 2.07. The largest absolute Gasteiger partial charge is 0.399 e. The van der Waals surface area contributed by atoms with Crippen LogP contribution in [0.25, 0.3) is 0 Å². The molecule has 1 amide bonds. The molecule has 0 aliphatic carbocycles. The first kappa shape index (κ1) is 11.8. The van der Waals surface area contributed by atoms with Crippen molar-refractivity contribution >= 4 is 11.6 Å². The molecule has 3 rings (SSSR count).